The highest BCUT2D eigenvalue weighted by molar-refractivity contribution is 5.04. The Morgan fingerprint density at radius 2 is 2.18 bits per heavy atom. The van der Waals surface area contributed by atoms with Crippen molar-refractivity contribution in [3.63, 3.8) is 0 Å². The topological polar surface area (TPSA) is 20.2 Å². The lowest BCUT2D eigenvalue weighted by Gasteiger charge is -2.20. The quantitative estimate of drug-likeness (QED) is 0.615. The summed E-state index contributed by atoms with van der Waals surface area (Å²) in [5.41, 5.74) is -0.908. The second kappa shape index (κ2) is 4.41. The van der Waals surface area contributed by atoms with Gasteiger partial charge < -0.3 is 5.11 Å². The van der Waals surface area contributed by atoms with Gasteiger partial charge in [-0.05, 0) is 19.3 Å². The summed E-state index contributed by atoms with van der Waals surface area (Å²) in [6.07, 6.45) is 8.15. The third-order valence-corrected chi connectivity index (χ3v) is 1.84. The van der Waals surface area contributed by atoms with Gasteiger partial charge in [-0.1, -0.05) is 32.6 Å². The Labute approximate surface area is 69.8 Å². The van der Waals surface area contributed by atoms with Crippen molar-refractivity contribution < 1.29 is 5.11 Å². The molecule has 2 atom stereocenters. The van der Waals surface area contributed by atoms with Gasteiger partial charge in [-0.3, -0.25) is 0 Å². The molecular formula is C10H18O. The van der Waals surface area contributed by atoms with Gasteiger partial charge in [0.2, 0.25) is 0 Å². The third-order valence-electron chi connectivity index (χ3n) is 1.84. The van der Waals surface area contributed by atoms with Crippen LogP contribution >= 0.6 is 0 Å². The molecule has 64 valence electrons. The molecule has 0 aliphatic carbocycles. The normalized spacial score (nSPS) is 18.5. The zero-order valence-electron chi connectivity index (χ0n) is 7.72. The van der Waals surface area contributed by atoms with E-state index in [1.54, 1.807) is 6.92 Å². The summed E-state index contributed by atoms with van der Waals surface area (Å²) in [5.74, 6) is 2.91. The third kappa shape index (κ3) is 4.86. The summed E-state index contributed by atoms with van der Waals surface area (Å²) in [7, 11) is 0. The molecule has 1 nitrogen and oxygen atoms in total. The van der Waals surface area contributed by atoms with E-state index >= 15 is 0 Å². The number of terminal acetylenes is 1. The van der Waals surface area contributed by atoms with E-state index < -0.39 is 5.60 Å². The molecule has 0 bridgehead atoms. The molecule has 0 aromatic heterocycles. The summed E-state index contributed by atoms with van der Waals surface area (Å²) >= 11 is 0. The largest absolute Gasteiger partial charge is 0.378 e. The monoisotopic (exact) mass is 154 g/mol. The van der Waals surface area contributed by atoms with Crippen LogP contribution in [0.25, 0.3) is 0 Å². The molecule has 0 aliphatic heterocycles. The van der Waals surface area contributed by atoms with Gasteiger partial charge >= 0.3 is 0 Å². The molecular weight excluding hydrogens is 136 g/mol. The Hall–Kier alpha value is -0.480. The fraction of sp³-hybridized carbons (Fsp3) is 0.800. The van der Waals surface area contributed by atoms with Gasteiger partial charge in [0.25, 0.3) is 0 Å². The molecule has 1 heteroatoms. The minimum absolute atomic E-state index is 0.519. The van der Waals surface area contributed by atoms with E-state index in [9.17, 15) is 5.11 Å². The summed E-state index contributed by atoms with van der Waals surface area (Å²) in [4.78, 5) is 0. The lowest BCUT2D eigenvalue weighted by Crippen LogP contribution is -2.24. The minimum atomic E-state index is -0.908. The van der Waals surface area contributed by atoms with Crippen molar-refractivity contribution in [2.45, 2.75) is 45.6 Å². The maximum absolute atomic E-state index is 9.48. The SMILES string of the molecule is C#CC(C)(O)CC(C)CCC. The van der Waals surface area contributed by atoms with E-state index in [0.29, 0.717) is 12.3 Å². The summed E-state index contributed by atoms with van der Waals surface area (Å²) in [5, 5.41) is 9.48. The molecule has 0 saturated heterocycles. The highest BCUT2D eigenvalue weighted by Gasteiger charge is 2.19. The molecule has 0 amide bonds. The maximum atomic E-state index is 9.48. The Bertz CT molecular complexity index is 141. The molecule has 0 rings (SSSR count). The van der Waals surface area contributed by atoms with Crippen LogP contribution in [-0.4, -0.2) is 10.7 Å². The van der Waals surface area contributed by atoms with Crippen molar-refractivity contribution in [1.29, 1.82) is 0 Å². The Morgan fingerprint density at radius 1 is 1.64 bits per heavy atom. The number of rotatable bonds is 4. The standard InChI is InChI=1S/C10H18O/c1-5-7-9(3)8-10(4,11)6-2/h2,9,11H,5,7-8H2,1,3-4H3. The van der Waals surface area contributed by atoms with E-state index in [-0.39, 0.29) is 0 Å². The van der Waals surface area contributed by atoms with Crippen molar-refractivity contribution in [3.8, 4) is 12.3 Å². The Kier molecular flexibility index (Phi) is 4.22. The van der Waals surface area contributed by atoms with Crippen LogP contribution < -0.4 is 0 Å². The van der Waals surface area contributed by atoms with Crippen LogP contribution in [-0.2, 0) is 0 Å². The van der Waals surface area contributed by atoms with Crippen LogP contribution in [0.1, 0.15) is 40.0 Å². The van der Waals surface area contributed by atoms with Crippen molar-refractivity contribution in [2.24, 2.45) is 5.92 Å². The summed E-state index contributed by atoms with van der Waals surface area (Å²) in [6.45, 7) is 5.95. The van der Waals surface area contributed by atoms with Crippen molar-refractivity contribution in [3.05, 3.63) is 0 Å². The van der Waals surface area contributed by atoms with E-state index in [1.165, 1.54) is 0 Å². The first-order valence-electron chi connectivity index (χ1n) is 4.22. The van der Waals surface area contributed by atoms with Gasteiger partial charge in [-0.25, -0.2) is 0 Å². The Morgan fingerprint density at radius 3 is 2.55 bits per heavy atom. The van der Waals surface area contributed by atoms with Crippen LogP contribution in [0.15, 0.2) is 0 Å². The number of aliphatic hydroxyl groups is 1. The lowest BCUT2D eigenvalue weighted by molar-refractivity contribution is 0.0930. The zero-order chi connectivity index (χ0) is 8.91. The van der Waals surface area contributed by atoms with Gasteiger partial charge in [0.15, 0.2) is 0 Å². The molecule has 0 heterocycles. The molecule has 11 heavy (non-hydrogen) atoms. The second-order valence-electron chi connectivity index (χ2n) is 3.52. The molecule has 2 unspecified atom stereocenters. The first kappa shape index (κ1) is 10.5. The molecule has 0 aliphatic rings. The molecule has 0 saturated carbocycles. The van der Waals surface area contributed by atoms with Gasteiger partial charge in [-0.15, -0.1) is 6.42 Å². The lowest BCUT2D eigenvalue weighted by atomic mass is 9.91. The molecule has 0 spiro atoms. The zero-order valence-corrected chi connectivity index (χ0v) is 7.72. The van der Waals surface area contributed by atoms with E-state index in [0.717, 1.165) is 12.8 Å². The summed E-state index contributed by atoms with van der Waals surface area (Å²) in [6, 6.07) is 0. The van der Waals surface area contributed by atoms with Crippen molar-refractivity contribution in [1.82, 2.24) is 0 Å². The van der Waals surface area contributed by atoms with E-state index in [4.69, 9.17) is 6.42 Å². The van der Waals surface area contributed by atoms with E-state index in [1.807, 2.05) is 0 Å². The smallest absolute Gasteiger partial charge is 0.122 e. The average molecular weight is 154 g/mol. The number of hydrogen-bond acceptors (Lipinski definition) is 1. The van der Waals surface area contributed by atoms with Crippen molar-refractivity contribution in [2.75, 3.05) is 0 Å². The number of hydrogen-bond donors (Lipinski definition) is 1. The molecule has 1 N–H and O–H groups in total. The van der Waals surface area contributed by atoms with E-state index in [2.05, 4.69) is 19.8 Å². The predicted molar refractivity (Wildman–Crippen MR) is 48.1 cm³/mol. The van der Waals surface area contributed by atoms with Gasteiger partial charge in [0, 0.05) is 0 Å². The molecule has 0 fully saturated rings. The molecule has 0 aromatic carbocycles. The van der Waals surface area contributed by atoms with Crippen LogP contribution in [0, 0.1) is 18.3 Å². The first-order chi connectivity index (χ1) is 5.02. The van der Waals surface area contributed by atoms with Crippen LogP contribution in [0.5, 0.6) is 0 Å². The molecule has 0 aromatic rings. The maximum Gasteiger partial charge on any atom is 0.122 e. The van der Waals surface area contributed by atoms with Gasteiger partial charge in [-0.2, -0.15) is 0 Å². The minimum Gasteiger partial charge on any atom is -0.378 e. The molecule has 0 radical (unpaired) electrons. The van der Waals surface area contributed by atoms with Crippen LogP contribution in [0.4, 0.5) is 0 Å². The second-order valence-corrected chi connectivity index (χ2v) is 3.52. The van der Waals surface area contributed by atoms with Crippen LogP contribution in [0.2, 0.25) is 0 Å². The van der Waals surface area contributed by atoms with Crippen LogP contribution in [0.3, 0.4) is 0 Å². The predicted octanol–water partition coefficient (Wildman–Crippen LogP) is 2.20. The average Bonchev–Trinajstić information content (AvgIpc) is 1.87. The first-order valence-corrected chi connectivity index (χ1v) is 4.22. The van der Waals surface area contributed by atoms with Crippen molar-refractivity contribution >= 4 is 0 Å². The van der Waals surface area contributed by atoms with Gasteiger partial charge in [0.1, 0.15) is 5.60 Å². The summed E-state index contributed by atoms with van der Waals surface area (Å²) < 4.78 is 0. The highest BCUT2D eigenvalue weighted by Crippen LogP contribution is 2.19. The van der Waals surface area contributed by atoms with Gasteiger partial charge in [0.05, 0.1) is 0 Å². The highest BCUT2D eigenvalue weighted by atomic mass is 16.3. The fourth-order valence-electron chi connectivity index (χ4n) is 1.33. The Balaban J connectivity index is 3.76. The fourth-order valence-corrected chi connectivity index (χ4v) is 1.33.